The fourth-order valence-electron chi connectivity index (χ4n) is 2.64. The fourth-order valence-corrected chi connectivity index (χ4v) is 2.64. The first-order chi connectivity index (χ1) is 7.52. The van der Waals surface area contributed by atoms with Crippen molar-refractivity contribution in [3.63, 3.8) is 0 Å². The third-order valence-corrected chi connectivity index (χ3v) is 3.86. The van der Waals surface area contributed by atoms with E-state index in [2.05, 4.69) is 18.7 Å². The Morgan fingerprint density at radius 3 is 2.31 bits per heavy atom. The zero-order valence-electron chi connectivity index (χ0n) is 11.3. The number of ketones is 1. The number of carbonyl (C=O) groups is 1. The van der Waals surface area contributed by atoms with Crippen molar-refractivity contribution >= 4 is 5.78 Å². The number of Topliss-reactive ketones (excluding diaryl/α,β-unsaturated/α-hetero) is 1. The van der Waals surface area contributed by atoms with Crippen LogP contribution in [0.15, 0.2) is 0 Å². The smallest absolute Gasteiger partial charge is 0.135 e. The van der Waals surface area contributed by atoms with E-state index in [4.69, 9.17) is 0 Å². The number of carbonyl (C=O) groups excluding carboxylic acids is 1. The van der Waals surface area contributed by atoms with Gasteiger partial charge in [-0.15, -0.1) is 0 Å². The van der Waals surface area contributed by atoms with E-state index in [0.29, 0.717) is 17.9 Å². The number of piperidine rings is 1. The summed E-state index contributed by atoms with van der Waals surface area (Å²) in [5.41, 5.74) is 0. The summed E-state index contributed by atoms with van der Waals surface area (Å²) in [5.74, 6) is 0.619. The van der Waals surface area contributed by atoms with Crippen molar-refractivity contribution in [2.45, 2.75) is 71.9 Å². The molecule has 2 nitrogen and oxygen atoms in total. The van der Waals surface area contributed by atoms with Gasteiger partial charge in [0.2, 0.25) is 0 Å². The van der Waals surface area contributed by atoms with Gasteiger partial charge in [0.1, 0.15) is 5.78 Å². The van der Waals surface area contributed by atoms with Gasteiger partial charge >= 0.3 is 0 Å². The molecule has 1 aliphatic heterocycles. The van der Waals surface area contributed by atoms with E-state index in [-0.39, 0.29) is 5.92 Å². The van der Waals surface area contributed by atoms with Gasteiger partial charge in [-0.2, -0.15) is 0 Å². The van der Waals surface area contributed by atoms with Gasteiger partial charge in [0.05, 0.1) is 0 Å². The van der Waals surface area contributed by atoms with Crippen molar-refractivity contribution in [1.29, 1.82) is 0 Å². The quantitative estimate of drug-likeness (QED) is 0.716. The lowest BCUT2D eigenvalue weighted by molar-refractivity contribution is -0.122. The van der Waals surface area contributed by atoms with E-state index in [9.17, 15) is 4.79 Å². The summed E-state index contributed by atoms with van der Waals surface area (Å²) < 4.78 is 0. The van der Waals surface area contributed by atoms with Gasteiger partial charge in [-0.3, -0.25) is 9.69 Å². The Balaban J connectivity index is 2.28. The molecule has 1 rings (SSSR count). The van der Waals surface area contributed by atoms with E-state index in [0.717, 1.165) is 19.4 Å². The van der Waals surface area contributed by atoms with Crippen LogP contribution in [0.4, 0.5) is 0 Å². The van der Waals surface area contributed by atoms with Crippen molar-refractivity contribution in [3.05, 3.63) is 0 Å². The molecule has 1 saturated heterocycles. The molecule has 0 aliphatic carbocycles. The highest BCUT2D eigenvalue weighted by atomic mass is 16.1. The Bertz CT molecular complexity index is 215. The molecular weight excluding hydrogens is 198 g/mol. The lowest BCUT2D eigenvalue weighted by Gasteiger charge is -2.39. The molecule has 1 fully saturated rings. The van der Waals surface area contributed by atoms with Crippen LogP contribution in [-0.2, 0) is 4.79 Å². The Kier molecular flexibility index (Phi) is 5.47. The molecule has 1 aliphatic rings. The molecule has 2 atom stereocenters. The summed E-state index contributed by atoms with van der Waals surface area (Å²) in [7, 11) is 0. The second kappa shape index (κ2) is 6.39. The molecule has 0 saturated carbocycles. The van der Waals surface area contributed by atoms with E-state index in [1.165, 1.54) is 19.3 Å². The molecule has 0 amide bonds. The predicted molar refractivity (Wildman–Crippen MR) is 68.6 cm³/mol. The maximum absolute atomic E-state index is 11.5. The summed E-state index contributed by atoms with van der Waals surface area (Å²) in [6.45, 7) is 9.73. The molecule has 0 aromatic carbocycles. The minimum absolute atomic E-state index is 0.205. The summed E-state index contributed by atoms with van der Waals surface area (Å²) in [6.07, 6.45) is 5.80. The molecule has 0 bridgehead atoms. The van der Waals surface area contributed by atoms with E-state index in [1.807, 2.05) is 13.8 Å². The van der Waals surface area contributed by atoms with Crippen LogP contribution in [-0.4, -0.2) is 29.3 Å². The minimum Gasteiger partial charge on any atom is -0.299 e. The van der Waals surface area contributed by atoms with Crippen LogP contribution < -0.4 is 0 Å². The van der Waals surface area contributed by atoms with Crippen molar-refractivity contribution in [1.82, 2.24) is 4.90 Å². The molecule has 1 heterocycles. The normalized spacial score (nSPS) is 27.3. The molecule has 2 heteroatoms. The highest BCUT2D eigenvalue weighted by Crippen LogP contribution is 2.22. The first kappa shape index (κ1) is 13.7. The Morgan fingerprint density at radius 1 is 1.25 bits per heavy atom. The highest BCUT2D eigenvalue weighted by Gasteiger charge is 2.24. The van der Waals surface area contributed by atoms with Crippen LogP contribution in [0.5, 0.6) is 0 Å². The van der Waals surface area contributed by atoms with Crippen LogP contribution in [0.3, 0.4) is 0 Å². The van der Waals surface area contributed by atoms with Crippen molar-refractivity contribution in [2.75, 3.05) is 6.54 Å². The SMILES string of the molecule is CC(C)C(=O)CCCN1C(C)CCCC1C. The summed E-state index contributed by atoms with van der Waals surface area (Å²) in [5, 5.41) is 0. The number of rotatable bonds is 5. The second-order valence-electron chi connectivity index (χ2n) is 5.59. The van der Waals surface area contributed by atoms with E-state index >= 15 is 0 Å². The standard InChI is InChI=1S/C14H27NO/c1-11(2)14(16)9-6-10-15-12(3)7-5-8-13(15)4/h11-13H,5-10H2,1-4H3. The molecule has 0 spiro atoms. The Morgan fingerprint density at radius 2 is 1.81 bits per heavy atom. The first-order valence-corrected chi connectivity index (χ1v) is 6.80. The lowest BCUT2D eigenvalue weighted by atomic mass is 9.96. The maximum Gasteiger partial charge on any atom is 0.135 e. The zero-order chi connectivity index (χ0) is 12.1. The summed E-state index contributed by atoms with van der Waals surface area (Å²) >= 11 is 0. The third kappa shape index (κ3) is 3.89. The van der Waals surface area contributed by atoms with Gasteiger partial charge in [0.25, 0.3) is 0 Å². The molecule has 0 aromatic rings. The Labute approximate surface area is 100 Å². The van der Waals surface area contributed by atoms with Crippen molar-refractivity contribution in [2.24, 2.45) is 5.92 Å². The molecule has 0 radical (unpaired) electrons. The van der Waals surface area contributed by atoms with Crippen LogP contribution in [0.2, 0.25) is 0 Å². The minimum atomic E-state index is 0.205. The van der Waals surface area contributed by atoms with Crippen LogP contribution in [0, 0.1) is 5.92 Å². The molecule has 0 aromatic heterocycles. The van der Waals surface area contributed by atoms with Crippen LogP contribution in [0.1, 0.15) is 59.8 Å². The molecule has 94 valence electrons. The molecule has 0 N–H and O–H groups in total. The van der Waals surface area contributed by atoms with Crippen molar-refractivity contribution < 1.29 is 4.79 Å². The summed E-state index contributed by atoms with van der Waals surface area (Å²) in [4.78, 5) is 14.1. The molecular formula is C14H27NO. The third-order valence-electron chi connectivity index (χ3n) is 3.86. The van der Waals surface area contributed by atoms with E-state index in [1.54, 1.807) is 0 Å². The number of nitrogens with zero attached hydrogens (tertiary/aromatic N) is 1. The fraction of sp³-hybridized carbons (Fsp3) is 0.929. The van der Waals surface area contributed by atoms with Gasteiger partial charge in [0, 0.05) is 24.4 Å². The monoisotopic (exact) mass is 225 g/mol. The average Bonchev–Trinajstić information content (AvgIpc) is 2.22. The van der Waals surface area contributed by atoms with Crippen LogP contribution in [0.25, 0.3) is 0 Å². The maximum atomic E-state index is 11.5. The first-order valence-electron chi connectivity index (χ1n) is 6.80. The molecule has 16 heavy (non-hydrogen) atoms. The summed E-state index contributed by atoms with van der Waals surface area (Å²) in [6, 6.07) is 1.41. The second-order valence-corrected chi connectivity index (χ2v) is 5.59. The van der Waals surface area contributed by atoms with Gasteiger partial charge < -0.3 is 0 Å². The molecule has 2 unspecified atom stereocenters. The lowest BCUT2D eigenvalue weighted by Crippen LogP contribution is -2.44. The Hall–Kier alpha value is -0.370. The number of likely N-dealkylation sites (tertiary alicyclic amines) is 1. The van der Waals surface area contributed by atoms with Gasteiger partial charge in [-0.25, -0.2) is 0 Å². The average molecular weight is 225 g/mol. The van der Waals surface area contributed by atoms with Crippen LogP contribution >= 0.6 is 0 Å². The van der Waals surface area contributed by atoms with Gasteiger partial charge in [-0.1, -0.05) is 20.3 Å². The number of hydrogen-bond donors (Lipinski definition) is 0. The highest BCUT2D eigenvalue weighted by molar-refractivity contribution is 5.80. The number of hydrogen-bond acceptors (Lipinski definition) is 2. The van der Waals surface area contributed by atoms with E-state index < -0.39 is 0 Å². The zero-order valence-corrected chi connectivity index (χ0v) is 11.3. The predicted octanol–water partition coefficient (Wildman–Crippen LogP) is 3.25. The topological polar surface area (TPSA) is 20.3 Å². The van der Waals surface area contributed by atoms with Crippen molar-refractivity contribution in [3.8, 4) is 0 Å². The van der Waals surface area contributed by atoms with Gasteiger partial charge in [0.15, 0.2) is 0 Å². The largest absolute Gasteiger partial charge is 0.299 e. The van der Waals surface area contributed by atoms with Gasteiger partial charge in [-0.05, 0) is 39.7 Å².